The Hall–Kier alpha value is -0.240. The average Bonchev–Trinajstić information content (AvgIpc) is 2.23. The van der Waals surface area contributed by atoms with E-state index in [0.717, 1.165) is 0 Å². The zero-order chi connectivity index (χ0) is 10.1. The van der Waals surface area contributed by atoms with E-state index in [2.05, 4.69) is 0 Å². The van der Waals surface area contributed by atoms with Gasteiger partial charge in [0.05, 0.1) is 6.61 Å². The van der Waals surface area contributed by atoms with E-state index in [4.69, 9.17) is 18.9 Å². The molecule has 0 bridgehead atoms. The predicted octanol–water partition coefficient (Wildman–Crippen LogP) is -1.55. The van der Waals surface area contributed by atoms with Crippen molar-refractivity contribution < 1.29 is 29.2 Å². The van der Waals surface area contributed by atoms with Crippen molar-refractivity contribution in [1.29, 1.82) is 0 Å². The molecule has 0 saturated carbocycles. The first kappa shape index (κ1) is 10.3. The fourth-order valence-corrected chi connectivity index (χ4v) is 1.73. The fraction of sp³-hybridized carbons (Fsp3) is 1.00. The van der Waals surface area contributed by atoms with E-state index in [-0.39, 0.29) is 12.9 Å². The van der Waals surface area contributed by atoms with Crippen LogP contribution in [0.4, 0.5) is 0 Å². The van der Waals surface area contributed by atoms with Crippen LogP contribution in [0, 0.1) is 0 Å². The van der Waals surface area contributed by atoms with Crippen LogP contribution in [0.15, 0.2) is 0 Å². The molecule has 14 heavy (non-hydrogen) atoms. The number of hydrogen-bond donors (Lipinski definition) is 2. The van der Waals surface area contributed by atoms with Gasteiger partial charge in [0, 0.05) is 7.11 Å². The Morgan fingerprint density at radius 3 is 2.79 bits per heavy atom. The predicted molar refractivity (Wildman–Crippen MR) is 43.4 cm³/mol. The van der Waals surface area contributed by atoms with Crippen molar-refractivity contribution in [2.24, 2.45) is 0 Å². The van der Waals surface area contributed by atoms with Crippen LogP contribution in [0.25, 0.3) is 0 Å². The molecular weight excluding hydrogens is 192 g/mol. The quantitative estimate of drug-likeness (QED) is 0.541. The molecule has 2 rings (SSSR count). The van der Waals surface area contributed by atoms with Gasteiger partial charge in [-0.3, -0.25) is 0 Å². The summed E-state index contributed by atoms with van der Waals surface area (Å²) in [6.45, 7) is 0.459. The fourth-order valence-electron chi connectivity index (χ4n) is 1.73. The Kier molecular flexibility index (Phi) is 3.01. The summed E-state index contributed by atoms with van der Waals surface area (Å²) in [5, 5.41) is 19.2. The molecular formula is C8H14O6. The molecule has 6 nitrogen and oxygen atoms in total. The zero-order valence-electron chi connectivity index (χ0n) is 7.83. The highest BCUT2D eigenvalue weighted by Crippen LogP contribution is 2.26. The molecule has 0 radical (unpaired) electrons. The Bertz CT molecular complexity index is 196. The van der Waals surface area contributed by atoms with E-state index >= 15 is 0 Å². The topological polar surface area (TPSA) is 77.4 Å². The molecule has 0 amide bonds. The lowest BCUT2D eigenvalue weighted by atomic mass is 9.99. The molecule has 2 aliphatic heterocycles. The van der Waals surface area contributed by atoms with E-state index in [1.54, 1.807) is 0 Å². The molecule has 82 valence electrons. The molecule has 2 fully saturated rings. The third-order valence-corrected chi connectivity index (χ3v) is 2.50. The van der Waals surface area contributed by atoms with E-state index in [1.807, 2.05) is 0 Å². The lowest BCUT2D eigenvalue weighted by Gasteiger charge is -2.43. The summed E-state index contributed by atoms with van der Waals surface area (Å²) in [6, 6.07) is 0. The standard InChI is InChI=1S/C8H14O6/c1-11-8-6(10)5(9)7-4(14-8)2-12-3-13-7/h4-10H,2-3H2,1H3/t4-,5-,6-,7+,8+/m1/s1. The van der Waals surface area contributed by atoms with Crippen LogP contribution in [0.1, 0.15) is 0 Å². The summed E-state index contributed by atoms with van der Waals surface area (Å²) in [5.41, 5.74) is 0. The SMILES string of the molecule is CO[C@H]1O[C@@H]2COCO[C@@H]2[C@H](O)[C@H]1O. The monoisotopic (exact) mass is 206 g/mol. The van der Waals surface area contributed by atoms with Gasteiger partial charge in [-0.1, -0.05) is 0 Å². The summed E-state index contributed by atoms with van der Waals surface area (Å²) < 4.78 is 20.4. The number of fused-ring (bicyclic) bond motifs is 1. The molecule has 0 aromatic carbocycles. The number of aliphatic hydroxyl groups is 2. The maximum absolute atomic E-state index is 9.68. The van der Waals surface area contributed by atoms with Crippen molar-refractivity contribution in [3.63, 3.8) is 0 Å². The first-order valence-corrected chi connectivity index (χ1v) is 4.48. The molecule has 2 saturated heterocycles. The van der Waals surface area contributed by atoms with Gasteiger partial charge in [-0.15, -0.1) is 0 Å². The van der Waals surface area contributed by atoms with E-state index in [1.165, 1.54) is 7.11 Å². The zero-order valence-corrected chi connectivity index (χ0v) is 7.83. The average molecular weight is 206 g/mol. The molecule has 0 aliphatic carbocycles. The molecule has 0 aromatic rings. The largest absolute Gasteiger partial charge is 0.387 e. The molecule has 5 atom stereocenters. The Morgan fingerprint density at radius 2 is 2.07 bits per heavy atom. The van der Waals surface area contributed by atoms with Crippen molar-refractivity contribution >= 4 is 0 Å². The van der Waals surface area contributed by atoms with Crippen LogP contribution < -0.4 is 0 Å². The third kappa shape index (κ3) is 1.65. The smallest absolute Gasteiger partial charge is 0.186 e. The van der Waals surface area contributed by atoms with Crippen LogP contribution in [-0.4, -0.2) is 61.4 Å². The maximum Gasteiger partial charge on any atom is 0.186 e. The molecule has 0 spiro atoms. The highest BCUT2D eigenvalue weighted by molar-refractivity contribution is 4.91. The number of aliphatic hydroxyl groups excluding tert-OH is 2. The molecule has 2 N–H and O–H groups in total. The van der Waals surface area contributed by atoms with Crippen molar-refractivity contribution in [1.82, 2.24) is 0 Å². The minimum absolute atomic E-state index is 0.117. The second kappa shape index (κ2) is 4.09. The van der Waals surface area contributed by atoms with E-state index in [0.29, 0.717) is 6.61 Å². The van der Waals surface area contributed by atoms with Crippen LogP contribution >= 0.6 is 0 Å². The summed E-state index contributed by atoms with van der Waals surface area (Å²) >= 11 is 0. The van der Waals surface area contributed by atoms with Gasteiger partial charge in [0.2, 0.25) is 0 Å². The van der Waals surface area contributed by atoms with E-state index < -0.39 is 24.6 Å². The second-order valence-electron chi connectivity index (χ2n) is 3.38. The lowest BCUT2D eigenvalue weighted by molar-refractivity contribution is -0.334. The van der Waals surface area contributed by atoms with Gasteiger partial charge in [0.25, 0.3) is 0 Å². The van der Waals surface area contributed by atoms with Gasteiger partial charge in [-0.25, -0.2) is 0 Å². The van der Waals surface area contributed by atoms with Gasteiger partial charge in [0.15, 0.2) is 6.29 Å². The number of rotatable bonds is 1. The van der Waals surface area contributed by atoms with Gasteiger partial charge in [-0.05, 0) is 0 Å². The van der Waals surface area contributed by atoms with Crippen molar-refractivity contribution in [3.05, 3.63) is 0 Å². The number of methoxy groups -OCH3 is 1. The molecule has 2 heterocycles. The summed E-state index contributed by atoms with van der Waals surface area (Å²) in [7, 11) is 1.41. The highest BCUT2D eigenvalue weighted by Gasteiger charge is 2.46. The van der Waals surface area contributed by atoms with Gasteiger partial charge >= 0.3 is 0 Å². The van der Waals surface area contributed by atoms with Crippen LogP contribution in [0.2, 0.25) is 0 Å². The first-order chi connectivity index (χ1) is 6.74. The second-order valence-corrected chi connectivity index (χ2v) is 3.38. The van der Waals surface area contributed by atoms with E-state index in [9.17, 15) is 10.2 Å². The van der Waals surface area contributed by atoms with Crippen LogP contribution in [0.3, 0.4) is 0 Å². The van der Waals surface area contributed by atoms with Crippen LogP contribution in [0.5, 0.6) is 0 Å². The van der Waals surface area contributed by atoms with Crippen molar-refractivity contribution in [3.8, 4) is 0 Å². The van der Waals surface area contributed by atoms with Crippen molar-refractivity contribution in [2.45, 2.75) is 30.7 Å². The lowest BCUT2D eigenvalue weighted by Crippen LogP contribution is -2.61. The van der Waals surface area contributed by atoms with Gasteiger partial charge in [0.1, 0.15) is 31.2 Å². The molecule has 0 unspecified atom stereocenters. The van der Waals surface area contributed by atoms with Crippen molar-refractivity contribution in [2.75, 3.05) is 20.5 Å². The number of hydrogen-bond acceptors (Lipinski definition) is 6. The third-order valence-electron chi connectivity index (χ3n) is 2.50. The Morgan fingerprint density at radius 1 is 1.29 bits per heavy atom. The minimum Gasteiger partial charge on any atom is -0.387 e. The molecule has 6 heteroatoms. The summed E-state index contributed by atoms with van der Waals surface area (Å²) in [6.07, 6.45) is -3.82. The Balaban J connectivity index is 2.07. The minimum atomic E-state index is -1.08. The van der Waals surface area contributed by atoms with Gasteiger partial charge < -0.3 is 29.2 Å². The maximum atomic E-state index is 9.68. The van der Waals surface area contributed by atoms with Gasteiger partial charge in [-0.2, -0.15) is 0 Å². The first-order valence-electron chi connectivity index (χ1n) is 4.48. The molecule has 0 aromatic heterocycles. The Labute approximate surface area is 81.3 Å². The van der Waals surface area contributed by atoms with Crippen LogP contribution in [-0.2, 0) is 18.9 Å². The summed E-state index contributed by atoms with van der Waals surface area (Å²) in [4.78, 5) is 0. The summed E-state index contributed by atoms with van der Waals surface area (Å²) in [5.74, 6) is 0. The number of ether oxygens (including phenoxy) is 4. The highest BCUT2D eigenvalue weighted by atomic mass is 16.7. The molecule has 2 aliphatic rings. The normalized spacial score (nSPS) is 48.6.